The molecule has 1 saturated heterocycles. The van der Waals surface area contributed by atoms with E-state index in [1.807, 2.05) is 29.2 Å². The van der Waals surface area contributed by atoms with Gasteiger partial charge in [0.1, 0.15) is 11.6 Å². The maximum absolute atomic E-state index is 13.5. The number of piperazine rings is 1. The van der Waals surface area contributed by atoms with Crippen molar-refractivity contribution < 1.29 is 18.7 Å². The summed E-state index contributed by atoms with van der Waals surface area (Å²) in [6, 6.07) is 11.9. The van der Waals surface area contributed by atoms with Crippen LogP contribution in [0.3, 0.4) is 0 Å². The second-order valence-corrected chi connectivity index (χ2v) is 9.61. The molecule has 0 bridgehead atoms. The minimum Gasteiger partial charge on any atom is -0.484 e. The predicted octanol–water partition coefficient (Wildman–Crippen LogP) is 4.54. The van der Waals surface area contributed by atoms with Gasteiger partial charge in [0.15, 0.2) is 6.61 Å². The maximum Gasteiger partial charge on any atom is 0.258 e. The second kappa shape index (κ2) is 11.3. The summed E-state index contributed by atoms with van der Waals surface area (Å²) in [6.45, 7) is 2.83. The molecule has 0 atom stereocenters. The van der Waals surface area contributed by atoms with E-state index in [1.54, 1.807) is 0 Å². The first-order valence-electron chi connectivity index (χ1n) is 11.6. The summed E-state index contributed by atoms with van der Waals surface area (Å²) < 4.78 is 18.8. The van der Waals surface area contributed by atoms with Crippen LogP contribution in [0.1, 0.15) is 25.7 Å². The van der Waals surface area contributed by atoms with Crippen LogP contribution in [-0.2, 0) is 9.59 Å². The summed E-state index contributed by atoms with van der Waals surface area (Å²) in [5, 5.41) is 3.68. The van der Waals surface area contributed by atoms with E-state index in [0.717, 1.165) is 50.5 Å². The quantitative estimate of drug-likeness (QED) is 0.623. The Bertz CT molecular complexity index is 1000. The smallest absolute Gasteiger partial charge is 0.258 e. The number of benzene rings is 2. The topological polar surface area (TPSA) is 61.9 Å². The van der Waals surface area contributed by atoms with Crippen LogP contribution < -0.4 is 15.0 Å². The molecular weight excluding hydrogens is 480 g/mol. The molecule has 0 unspecified atom stereocenters. The zero-order valence-corrected chi connectivity index (χ0v) is 20.3. The van der Waals surface area contributed by atoms with Crippen LogP contribution in [0.5, 0.6) is 5.75 Å². The van der Waals surface area contributed by atoms with Gasteiger partial charge in [0.2, 0.25) is 5.91 Å². The normalized spacial score (nSPS) is 20.7. The van der Waals surface area contributed by atoms with Crippen molar-refractivity contribution in [3.05, 3.63) is 58.3 Å². The van der Waals surface area contributed by atoms with Gasteiger partial charge in [-0.2, -0.15) is 0 Å². The minimum atomic E-state index is -0.589. The summed E-state index contributed by atoms with van der Waals surface area (Å²) in [7, 11) is 0. The fourth-order valence-electron chi connectivity index (χ4n) is 4.56. The molecule has 1 aliphatic carbocycles. The van der Waals surface area contributed by atoms with Crippen molar-refractivity contribution in [3.63, 3.8) is 0 Å². The van der Waals surface area contributed by atoms with Crippen molar-refractivity contribution in [1.82, 2.24) is 10.2 Å². The van der Waals surface area contributed by atoms with Crippen LogP contribution in [0.15, 0.2) is 42.5 Å². The second-order valence-electron chi connectivity index (χ2n) is 8.77. The van der Waals surface area contributed by atoms with Gasteiger partial charge in [0.05, 0.1) is 5.02 Å². The highest BCUT2D eigenvalue weighted by molar-refractivity contribution is 6.31. The number of hydrogen-bond acceptors (Lipinski definition) is 4. The minimum absolute atomic E-state index is 0.00327. The Labute approximate surface area is 208 Å². The molecule has 0 radical (unpaired) electrons. The van der Waals surface area contributed by atoms with Crippen LogP contribution in [0.4, 0.5) is 10.1 Å². The number of hydrogen-bond donors (Lipinski definition) is 1. The third-order valence-electron chi connectivity index (χ3n) is 6.49. The average Bonchev–Trinajstić information content (AvgIpc) is 2.85. The van der Waals surface area contributed by atoms with Gasteiger partial charge in [0.25, 0.3) is 5.91 Å². The van der Waals surface area contributed by atoms with E-state index in [4.69, 9.17) is 27.9 Å². The summed E-state index contributed by atoms with van der Waals surface area (Å²) >= 11 is 11.6. The lowest BCUT2D eigenvalue weighted by Gasteiger charge is -2.39. The van der Waals surface area contributed by atoms with E-state index in [0.29, 0.717) is 18.1 Å². The van der Waals surface area contributed by atoms with Crippen molar-refractivity contribution in [2.75, 3.05) is 37.7 Å². The molecule has 4 rings (SSSR count). The molecule has 6 nitrogen and oxygen atoms in total. The van der Waals surface area contributed by atoms with Crippen molar-refractivity contribution in [1.29, 1.82) is 0 Å². The number of nitrogens with one attached hydrogen (secondary N) is 1. The first-order valence-corrected chi connectivity index (χ1v) is 12.3. The molecule has 2 amide bonds. The number of carbonyl (C=O) groups is 2. The van der Waals surface area contributed by atoms with E-state index >= 15 is 0 Å². The fraction of sp³-hybridized carbons (Fsp3) is 0.440. The molecule has 2 aliphatic rings. The number of anilines is 1. The number of amides is 2. The van der Waals surface area contributed by atoms with Crippen LogP contribution in [-0.4, -0.2) is 55.5 Å². The molecule has 9 heteroatoms. The summed E-state index contributed by atoms with van der Waals surface area (Å²) in [5.41, 5.74) is 1.12. The van der Waals surface area contributed by atoms with Crippen LogP contribution in [0, 0.1) is 11.7 Å². The molecule has 182 valence electrons. The molecule has 2 aromatic rings. The number of rotatable bonds is 6. The van der Waals surface area contributed by atoms with Crippen LogP contribution >= 0.6 is 23.2 Å². The zero-order valence-electron chi connectivity index (χ0n) is 18.8. The summed E-state index contributed by atoms with van der Waals surface area (Å²) in [5.74, 6) is -0.378. The van der Waals surface area contributed by atoms with E-state index in [1.165, 1.54) is 12.1 Å². The molecule has 0 aromatic heterocycles. The SMILES string of the molecule is O=C(COc1ccc(Cl)c(F)c1)N[C@H]1CC[C@H](C(=O)N2CCN(c3ccc(Cl)cc3)CC2)CC1. The number of nitrogens with zero attached hydrogens (tertiary/aromatic N) is 2. The van der Waals surface area contributed by atoms with Gasteiger partial charge in [0, 0.05) is 54.9 Å². The molecular formula is C25H28Cl2FN3O3. The molecule has 2 aromatic carbocycles. The Morgan fingerprint density at radius 3 is 2.29 bits per heavy atom. The molecule has 0 spiro atoms. The lowest BCUT2D eigenvalue weighted by molar-refractivity contribution is -0.137. The van der Waals surface area contributed by atoms with Crippen LogP contribution in [0.2, 0.25) is 10.0 Å². The largest absolute Gasteiger partial charge is 0.484 e. The standard InChI is InChI=1S/C25H28Cl2FN3O3/c26-18-3-7-20(8-4-18)30-11-13-31(14-12-30)25(33)17-1-5-19(6-2-17)29-24(32)16-34-21-9-10-22(27)23(28)15-21/h3-4,7-10,15,17,19H,1-2,5-6,11-14,16H2,(H,29,32)/t17-,19-. The fourth-order valence-corrected chi connectivity index (χ4v) is 4.81. The van der Waals surface area contributed by atoms with Gasteiger partial charge < -0.3 is 19.9 Å². The van der Waals surface area contributed by atoms with Crippen molar-refractivity contribution in [2.45, 2.75) is 31.7 Å². The Morgan fingerprint density at radius 2 is 1.65 bits per heavy atom. The average molecular weight is 508 g/mol. The highest BCUT2D eigenvalue weighted by Gasteiger charge is 2.31. The lowest BCUT2D eigenvalue weighted by Crippen LogP contribution is -2.51. The van der Waals surface area contributed by atoms with E-state index in [-0.39, 0.29) is 41.2 Å². The zero-order chi connectivity index (χ0) is 24.1. The summed E-state index contributed by atoms with van der Waals surface area (Å²) in [4.78, 5) is 29.5. The Morgan fingerprint density at radius 1 is 0.971 bits per heavy atom. The molecule has 1 aliphatic heterocycles. The first kappa shape index (κ1) is 24.6. The molecule has 1 heterocycles. The van der Waals surface area contributed by atoms with E-state index < -0.39 is 5.82 Å². The Hall–Kier alpha value is -2.51. The lowest BCUT2D eigenvalue weighted by atomic mass is 9.85. The third kappa shape index (κ3) is 6.33. The summed E-state index contributed by atoms with van der Waals surface area (Å²) in [6.07, 6.45) is 3.01. The predicted molar refractivity (Wildman–Crippen MR) is 131 cm³/mol. The molecule has 1 N–H and O–H groups in total. The number of ether oxygens (including phenoxy) is 1. The van der Waals surface area contributed by atoms with E-state index in [2.05, 4.69) is 10.2 Å². The van der Waals surface area contributed by atoms with Crippen molar-refractivity contribution >= 4 is 40.7 Å². The van der Waals surface area contributed by atoms with Gasteiger partial charge >= 0.3 is 0 Å². The number of carbonyl (C=O) groups excluding carboxylic acids is 2. The molecule has 2 fully saturated rings. The van der Waals surface area contributed by atoms with Gasteiger partial charge in [-0.25, -0.2) is 4.39 Å². The van der Waals surface area contributed by atoms with E-state index in [9.17, 15) is 14.0 Å². The van der Waals surface area contributed by atoms with Crippen molar-refractivity contribution in [2.24, 2.45) is 5.92 Å². The molecule has 1 saturated carbocycles. The third-order valence-corrected chi connectivity index (χ3v) is 7.04. The first-order chi connectivity index (χ1) is 16.4. The number of halogens is 3. The highest BCUT2D eigenvalue weighted by Crippen LogP contribution is 2.27. The van der Waals surface area contributed by atoms with Crippen LogP contribution in [0.25, 0.3) is 0 Å². The van der Waals surface area contributed by atoms with Gasteiger partial charge in [-0.1, -0.05) is 23.2 Å². The molecule has 34 heavy (non-hydrogen) atoms. The maximum atomic E-state index is 13.5. The monoisotopic (exact) mass is 507 g/mol. The van der Waals surface area contributed by atoms with Gasteiger partial charge in [-0.3, -0.25) is 9.59 Å². The highest BCUT2D eigenvalue weighted by atomic mass is 35.5. The Balaban J connectivity index is 1.17. The van der Waals surface area contributed by atoms with Crippen molar-refractivity contribution in [3.8, 4) is 5.75 Å². The Kier molecular flexibility index (Phi) is 8.16. The van der Waals surface area contributed by atoms with Gasteiger partial charge in [-0.15, -0.1) is 0 Å². The van der Waals surface area contributed by atoms with Gasteiger partial charge in [-0.05, 0) is 62.1 Å².